The molecule has 0 aromatic heterocycles. The van der Waals surface area contributed by atoms with Crippen LogP contribution in [0.4, 0.5) is 5.69 Å². The van der Waals surface area contributed by atoms with Gasteiger partial charge in [0.25, 0.3) is 0 Å². The molecule has 1 aliphatic heterocycles. The van der Waals surface area contributed by atoms with Crippen molar-refractivity contribution >= 4 is 29.6 Å². The number of carbonyl (C=O) groups excluding carboxylic acids is 4. The van der Waals surface area contributed by atoms with Crippen LogP contribution in [0.15, 0.2) is 54.6 Å². The summed E-state index contributed by atoms with van der Waals surface area (Å²) in [5.74, 6) is -1.70. The predicted octanol–water partition coefficient (Wildman–Crippen LogP) is 7.84. The van der Waals surface area contributed by atoms with E-state index in [0.29, 0.717) is 17.9 Å². The average molecular weight is 740 g/mol. The molecule has 0 aliphatic carbocycles. The first-order valence-electron chi connectivity index (χ1n) is 18.3. The summed E-state index contributed by atoms with van der Waals surface area (Å²) in [5, 5.41) is 0. The molecule has 53 heavy (non-hydrogen) atoms. The minimum absolute atomic E-state index is 0.350. The Hall–Kier alpha value is -4.12. The molecule has 1 heterocycles. The summed E-state index contributed by atoms with van der Waals surface area (Å²) in [7, 11) is 1.58. The van der Waals surface area contributed by atoms with Crippen LogP contribution in [-0.2, 0) is 42.9 Å². The van der Waals surface area contributed by atoms with Gasteiger partial charge in [0.2, 0.25) is 0 Å². The Kier molecular flexibility index (Phi) is 13.8. The Morgan fingerprint density at radius 1 is 0.642 bits per heavy atom. The van der Waals surface area contributed by atoms with Gasteiger partial charge < -0.3 is 33.3 Å². The van der Waals surface area contributed by atoms with Crippen LogP contribution in [0.25, 0.3) is 0 Å². The van der Waals surface area contributed by atoms with Crippen molar-refractivity contribution in [1.82, 2.24) is 0 Å². The molecule has 6 atom stereocenters. The minimum Gasteiger partial charge on any atom is -0.497 e. The third kappa shape index (κ3) is 11.2. The van der Waals surface area contributed by atoms with Gasteiger partial charge in [-0.25, -0.2) is 0 Å². The molecular formula is C42H61NO10. The standard InChI is InChI=1S/C42H61NO10/c1-15-29(26-19-17-16-18-20-26)43(27-21-23-28(48-14)24-22-27)34-33(53-38(47)42(11,12)13)32(52-37(46)41(8,9)10)31(51-36(45)40(5,6)7)30(50-34)25-49-35(44)39(2,3)4/h16-24,29-34H,15,25H2,1-14H3/t29-,30+,31-,32-,33+,34+/m0/s1. The van der Waals surface area contributed by atoms with Crippen molar-refractivity contribution in [2.45, 2.75) is 133 Å². The van der Waals surface area contributed by atoms with E-state index in [4.69, 9.17) is 28.4 Å². The third-order valence-corrected chi connectivity index (χ3v) is 8.72. The van der Waals surface area contributed by atoms with Gasteiger partial charge in [0.15, 0.2) is 24.5 Å². The Morgan fingerprint density at radius 2 is 1.09 bits per heavy atom. The van der Waals surface area contributed by atoms with E-state index < -0.39 is 76.2 Å². The molecule has 1 aliphatic rings. The fourth-order valence-corrected chi connectivity index (χ4v) is 5.46. The molecule has 0 amide bonds. The maximum Gasteiger partial charge on any atom is 0.311 e. The van der Waals surface area contributed by atoms with E-state index in [2.05, 4.69) is 0 Å². The van der Waals surface area contributed by atoms with Crippen molar-refractivity contribution in [2.75, 3.05) is 18.6 Å². The molecular weight excluding hydrogens is 678 g/mol. The second kappa shape index (κ2) is 16.9. The zero-order valence-corrected chi connectivity index (χ0v) is 34.1. The van der Waals surface area contributed by atoms with Crippen LogP contribution in [0.2, 0.25) is 0 Å². The number of anilines is 1. The largest absolute Gasteiger partial charge is 0.497 e. The van der Waals surface area contributed by atoms with Crippen molar-refractivity contribution < 1.29 is 47.6 Å². The maximum atomic E-state index is 13.9. The Labute approximate surface area is 316 Å². The molecule has 0 saturated carbocycles. The number of nitrogens with zero attached hydrogens (tertiary/aromatic N) is 1. The van der Waals surface area contributed by atoms with Gasteiger partial charge >= 0.3 is 23.9 Å². The van der Waals surface area contributed by atoms with Gasteiger partial charge in [-0.3, -0.25) is 19.2 Å². The van der Waals surface area contributed by atoms with Gasteiger partial charge in [0, 0.05) is 5.69 Å². The molecule has 3 rings (SSSR count). The molecule has 0 N–H and O–H groups in total. The van der Waals surface area contributed by atoms with Crippen LogP contribution in [0.5, 0.6) is 5.75 Å². The van der Waals surface area contributed by atoms with Gasteiger partial charge in [0.1, 0.15) is 18.5 Å². The van der Waals surface area contributed by atoms with Gasteiger partial charge in [-0.15, -0.1) is 0 Å². The highest BCUT2D eigenvalue weighted by Gasteiger charge is 2.57. The highest BCUT2D eigenvalue weighted by Crippen LogP contribution is 2.41. The molecule has 11 heteroatoms. The van der Waals surface area contributed by atoms with Crippen LogP contribution in [-0.4, -0.2) is 68.2 Å². The number of hydrogen-bond acceptors (Lipinski definition) is 11. The summed E-state index contributed by atoms with van der Waals surface area (Å²) in [6.45, 7) is 22.2. The molecule has 294 valence electrons. The van der Waals surface area contributed by atoms with E-state index in [1.54, 1.807) is 90.2 Å². The highest BCUT2D eigenvalue weighted by atomic mass is 16.7. The number of rotatable bonds is 11. The number of methoxy groups -OCH3 is 1. The molecule has 2 aromatic rings. The minimum atomic E-state index is -1.38. The summed E-state index contributed by atoms with van der Waals surface area (Å²) in [5.41, 5.74) is -2.19. The zero-order chi connectivity index (χ0) is 40.1. The number of esters is 4. The normalized spacial score (nSPS) is 21.5. The lowest BCUT2D eigenvalue weighted by atomic mass is 9.91. The molecule has 11 nitrogen and oxygen atoms in total. The average Bonchev–Trinajstić information content (AvgIpc) is 3.06. The van der Waals surface area contributed by atoms with Crippen LogP contribution in [0.3, 0.4) is 0 Å². The SMILES string of the molecule is CC[C@@H](c1ccccc1)N(c1ccc(OC)cc1)[C@@H]1O[C@H](COC(=O)C(C)(C)C)[C@H](OC(=O)C(C)(C)C)[C@H](OC(=O)C(C)(C)C)[C@H]1OC(=O)C(C)(C)C. The maximum absolute atomic E-state index is 13.9. The Morgan fingerprint density at radius 3 is 1.53 bits per heavy atom. The first-order valence-corrected chi connectivity index (χ1v) is 18.3. The van der Waals surface area contributed by atoms with Crippen molar-refractivity contribution in [1.29, 1.82) is 0 Å². The summed E-state index contributed by atoms with van der Waals surface area (Å²) in [6, 6.07) is 16.8. The molecule has 0 spiro atoms. The van der Waals surface area contributed by atoms with Gasteiger partial charge in [0.05, 0.1) is 34.8 Å². The summed E-state index contributed by atoms with van der Waals surface area (Å²) in [6.07, 6.45) is -5.79. The summed E-state index contributed by atoms with van der Waals surface area (Å²) in [4.78, 5) is 56.6. The van der Waals surface area contributed by atoms with Crippen molar-refractivity contribution in [3.63, 3.8) is 0 Å². The Bertz CT molecular complexity index is 1540. The Balaban J connectivity index is 2.41. The predicted molar refractivity (Wildman–Crippen MR) is 202 cm³/mol. The molecule has 0 unspecified atom stereocenters. The fourth-order valence-electron chi connectivity index (χ4n) is 5.46. The van der Waals surface area contributed by atoms with Gasteiger partial charge in [-0.1, -0.05) is 37.3 Å². The van der Waals surface area contributed by atoms with Crippen LogP contribution in [0.1, 0.15) is 108 Å². The number of benzene rings is 2. The van der Waals surface area contributed by atoms with Crippen LogP contribution < -0.4 is 9.64 Å². The second-order valence-corrected chi connectivity index (χ2v) is 17.7. The second-order valence-electron chi connectivity index (χ2n) is 17.7. The fraction of sp³-hybridized carbons (Fsp3) is 0.619. The summed E-state index contributed by atoms with van der Waals surface area (Å²) >= 11 is 0. The van der Waals surface area contributed by atoms with E-state index in [9.17, 15) is 19.2 Å². The lowest BCUT2D eigenvalue weighted by Crippen LogP contribution is -2.67. The smallest absolute Gasteiger partial charge is 0.311 e. The first-order chi connectivity index (χ1) is 24.4. The molecule has 1 fully saturated rings. The van der Waals surface area contributed by atoms with Crippen molar-refractivity contribution in [2.24, 2.45) is 21.7 Å². The van der Waals surface area contributed by atoms with E-state index in [0.717, 1.165) is 5.56 Å². The zero-order valence-electron chi connectivity index (χ0n) is 34.1. The van der Waals surface area contributed by atoms with Crippen molar-refractivity contribution in [3.8, 4) is 5.75 Å². The van der Waals surface area contributed by atoms with E-state index in [1.165, 1.54) is 0 Å². The quantitative estimate of drug-likeness (QED) is 0.165. The number of ether oxygens (including phenoxy) is 6. The van der Waals surface area contributed by atoms with Crippen molar-refractivity contribution in [3.05, 3.63) is 60.2 Å². The van der Waals surface area contributed by atoms with Gasteiger partial charge in [-0.2, -0.15) is 0 Å². The molecule has 0 radical (unpaired) electrons. The number of carbonyl (C=O) groups is 4. The van der Waals surface area contributed by atoms with E-state index >= 15 is 0 Å². The topological polar surface area (TPSA) is 127 Å². The lowest BCUT2D eigenvalue weighted by molar-refractivity contribution is -0.260. The van der Waals surface area contributed by atoms with Crippen LogP contribution in [0, 0.1) is 21.7 Å². The first kappa shape index (κ1) is 43.3. The van der Waals surface area contributed by atoms with Gasteiger partial charge in [-0.05, 0) is 119 Å². The summed E-state index contributed by atoms with van der Waals surface area (Å²) < 4.78 is 37.2. The van der Waals surface area contributed by atoms with E-state index in [-0.39, 0.29) is 12.6 Å². The monoisotopic (exact) mass is 739 g/mol. The number of hydrogen-bond donors (Lipinski definition) is 0. The van der Waals surface area contributed by atoms with E-state index in [1.807, 2.05) is 66.4 Å². The molecule has 2 aromatic carbocycles. The lowest BCUT2D eigenvalue weighted by Gasteiger charge is -2.51. The highest BCUT2D eigenvalue weighted by molar-refractivity contribution is 5.78. The molecule has 1 saturated heterocycles. The molecule has 0 bridgehead atoms. The third-order valence-electron chi connectivity index (χ3n) is 8.72. The van der Waals surface area contributed by atoms with Crippen LogP contribution >= 0.6 is 0 Å².